The molecule has 3 heteroatoms. The second-order valence-corrected chi connectivity index (χ2v) is 3.57. The van der Waals surface area contributed by atoms with Crippen LogP contribution >= 0.6 is 11.6 Å². The van der Waals surface area contributed by atoms with Crippen molar-refractivity contribution in [1.29, 1.82) is 0 Å². The van der Waals surface area contributed by atoms with Crippen molar-refractivity contribution >= 4 is 17.4 Å². The minimum Gasteiger partial charge on any atom is -0.367 e. The van der Waals surface area contributed by atoms with Gasteiger partial charge in [0.05, 0.1) is 0 Å². The lowest BCUT2D eigenvalue weighted by atomic mass is 10.2. The average molecular weight is 199 g/mol. The van der Waals surface area contributed by atoms with Gasteiger partial charge in [0.15, 0.2) is 0 Å². The highest BCUT2D eigenvalue weighted by Gasteiger charge is 2.03. The van der Waals surface area contributed by atoms with Gasteiger partial charge in [-0.15, -0.1) is 11.6 Å². The Kier molecular flexibility index (Phi) is 4.03. The molecule has 1 N–H and O–H groups in total. The van der Waals surface area contributed by atoms with E-state index in [4.69, 9.17) is 11.6 Å². The van der Waals surface area contributed by atoms with Gasteiger partial charge in [-0.05, 0) is 31.9 Å². The number of halogens is 1. The molecule has 0 aliphatic heterocycles. The lowest BCUT2D eigenvalue weighted by molar-refractivity contribution is 0.762. The molecule has 1 heterocycles. The maximum atomic E-state index is 5.64. The number of pyridine rings is 1. The van der Waals surface area contributed by atoms with Crippen molar-refractivity contribution < 1.29 is 0 Å². The zero-order chi connectivity index (χ0) is 9.68. The maximum Gasteiger partial charge on any atom is 0.129 e. The van der Waals surface area contributed by atoms with Crippen LogP contribution < -0.4 is 5.32 Å². The van der Waals surface area contributed by atoms with Gasteiger partial charge in [0.25, 0.3) is 0 Å². The highest BCUT2D eigenvalue weighted by atomic mass is 35.5. The van der Waals surface area contributed by atoms with Crippen LogP contribution in [0.3, 0.4) is 0 Å². The van der Waals surface area contributed by atoms with Crippen LogP contribution in [0.15, 0.2) is 18.3 Å². The van der Waals surface area contributed by atoms with E-state index in [1.54, 1.807) is 6.20 Å². The first-order chi connectivity index (χ1) is 6.24. The van der Waals surface area contributed by atoms with Crippen LogP contribution in [0.2, 0.25) is 0 Å². The Morgan fingerprint density at radius 2 is 2.38 bits per heavy atom. The molecule has 0 saturated carbocycles. The highest BCUT2D eigenvalue weighted by Crippen LogP contribution is 2.11. The molecule has 72 valence electrons. The second kappa shape index (κ2) is 5.07. The summed E-state index contributed by atoms with van der Waals surface area (Å²) in [5, 5.41) is 3.32. The summed E-state index contributed by atoms with van der Waals surface area (Å²) in [7, 11) is 0. The summed E-state index contributed by atoms with van der Waals surface area (Å²) in [6, 6.07) is 4.36. The standard InChI is InChI=1S/C10H15ClN2/c1-8-4-3-7-12-10(8)13-9(2)5-6-11/h3-4,7,9H,5-6H2,1-2H3,(H,12,13). The van der Waals surface area contributed by atoms with Gasteiger partial charge in [0.2, 0.25) is 0 Å². The van der Waals surface area contributed by atoms with Crippen molar-refractivity contribution in [2.45, 2.75) is 26.3 Å². The Balaban J connectivity index is 2.58. The Morgan fingerprint density at radius 3 is 3.00 bits per heavy atom. The van der Waals surface area contributed by atoms with Gasteiger partial charge in [-0.1, -0.05) is 6.07 Å². The smallest absolute Gasteiger partial charge is 0.129 e. The van der Waals surface area contributed by atoms with E-state index in [-0.39, 0.29) is 0 Å². The molecule has 0 aromatic carbocycles. The number of hydrogen-bond acceptors (Lipinski definition) is 2. The zero-order valence-electron chi connectivity index (χ0n) is 8.05. The van der Waals surface area contributed by atoms with Gasteiger partial charge in [-0.2, -0.15) is 0 Å². The summed E-state index contributed by atoms with van der Waals surface area (Å²) in [6.07, 6.45) is 2.75. The minimum absolute atomic E-state index is 0.381. The number of alkyl halides is 1. The molecule has 0 spiro atoms. The van der Waals surface area contributed by atoms with E-state index in [2.05, 4.69) is 17.2 Å². The molecule has 0 fully saturated rings. The van der Waals surface area contributed by atoms with E-state index in [1.807, 2.05) is 19.1 Å². The first-order valence-corrected chi connectivity index (χ1v) is 5.01. The fraction of sp³-hybridized carbons (Fsp3) is 0.500. The monoisotopic (exact) mass is 198 g/mol. The molecule has 1 rings (SSSR count). The molecule has 2 nitrogen and oxygen atoms in total. The first kappa shape index (κ1) is 10.3. The number of anilines is 1. The first-order valence-electron chi connectivity index (χ1n) is 4.48. The molecule has 1 aromatic heterocycles. The molecule has 13 heavy (non-hydrogen) atoms. The number of hydrogen-bond donors (Lipinski definition) is 1. The van der Waals surface area contributed by atoms with Crippen molar-refractivity contribution in [1.82, 2.24) is 4.98 Å². The number of aryl methyl sites for hydroxylation is 1. The van der Waals surface area contributed by atoms with Gasteiger partial charge >= 0.3 is 0 Å². The zero-order valence-corrected chi connectivity index (χ0v) is 8.80. The van der Waals surface area contributed by atoms with Crippen LogP contribution in [0.5, 0.6) is 0 Å². The molecule has 0 aliphatic carbocycles. The van der Waals surface area contributed by atoms with Crippen LogP contribution in [-0.4, -0.2) is 16.9 Å². The fourth-order valence-electron chi connectivity index (χ4n) is 1.11. The average Bonchev–Trinajstić information content (AvgIpc) is 2.09. The molecule has 1 unspecified atom stereocenters. The third-order valence-corrected chi connectivity index (χ3v) is 2.15. The Morgan fingerprint density at radius 1 is 1.62 bits per heavy atom. The van der Waals surface area contributed by atoms with E-state index in [1.165, 1.54) is 5.56 Å². The van der Waals surface area contributed by atoms with Crippen LogP contribution in [-0.2, 0) is 0 Å². The molecule has 1 atom stereocenters. The van der Waals surface area contributed by atoms with Gasteiger partial charge < -0.3 is 5.32 Å². The molecular formula is C10H15ClN2. The molecule has 0 amide bonds. The van der Waals surface area contributed by atoms with E-state index in [0.29, 0.717) is 11.9 Å². The number of rotatable bonds is 4. The number of nitrogens with zero attached hydrogens (tertiary/aromatic N) is 1. The molecule has 0 radical (unpaired) electrons. The quantitative estimate of drug-likeness (QED) is 0.753. The van der Waals surface area contributed by atoms with Crippen molar-refractivity contribution in [2.24, 2.45) is 0 Å². The summed E-state index contributed by atoms with van der Waals surface area (Å²) in [4.78, 5) is 4.25. The van der Waals surface area contributed by atoms with E-state index < -0.39 is 0 Å². The third kappa shape index (κ3) is 3.23. The van der Waals surface area contributed by atoms with Crippen LogP contribution in [0.25, 0.3) is 0 Å². The van der Waals surface area contributed by atoms with Gasteiger partial charge in [0.1, 0.15) is 5.82 Å². The highest BCUT2D eigenvalue weighted by molar-refractivity contribution is 6.17. The molecule has 0 aliphatic rings. The Bertz CT molecular complexity index is 263. The van der Waals surface area contributed by atoms with Gasteiger partial charge in [-0.3, -0.25) is 0 Å². The predicted molar refractivity (Wildman–Crippen MR) is 57.4 cm³/mol. The topological polar surface area (TPSA) is 24.9 Å². The summed E-state index contributed by atoms with van der Waals surface area (Å²) < 4.78 is 0. The van der Waals surface area contributed by atoms with Crippen LogP contribution in [0.1, 0.15) is 18.9 Å². The molecule has 1 aromatic rings. The van der Waals surface area contributed by atoms with E-state index in [9.17, 15) is 0 Å². The van der Waals surface area contributed by atoms with Crippen molar-refractivity contribution in [2.75, 3.05) is 11.2 Å². The predicted octanol–water partition coefficient (Wildman–Crippen LogP) is 2.82. The summed E-state index contributed by atoms with van der Waals surface area (Å²) in [6.45, 7) is 4.15. The normalized spacial score (nSPS) is 12.5. The lowest BCUT2D eigenvalue weighted by Gasteiger charge is -2.14. The minimum atomic E-state index is 0.381. The molecular weight excluding hydrogens is 184 g/mol. The summed E-state index contributed by atoms with van der Waals surface area (Å²) in [5.41, 5.74) is 1.17. The number of aromatic nitrogens is 1. The Labute approximate surface area is 84.3 Å². The van der Waals surface area contributed by atoms with E-state index in [0.717, 1.165) is 12.2 Å². The molecule has 0 bridgehead atoms. The van der Waals surface area contributed by atoms with E-state index >= 15 is 0 Å². The second-order valence-electron chi connectivity index (χ2n) is 3.19. The van der Waals surface area contributed by atoms with Gasteiger partial charge in [-0.25, -0.2) is 4.98 Å². The third-order valence-electron chi connectivity index (χ3n) is 1.93. The van der Waals surface area contributed by atoms with Crippen molar-refractivity contribution in [3.8, 4) is 0 Å². The van der Waals surface area contributed by atoms with Crippen molar-refractivity contribution in [3.63, 3.8) is 0 Å². The van der Waals surface area contributed by atoms with Crippen LogP contribution in [0.4, 0.5) is 5.82 Å². The van der Waals surface area contributed by atoms with Crippen molar-refractivity contribution in [3.05, 3.63) is 23.9 Å². The Hall–Kier alpha value is -0.760. The largest absolute Gasteiger partial charge is 0.367 e. The molecule has 0 saturated heterocycles. The van der Waals surface area contributed by atoms with Crippen LogP contribution in [0, 0.1) is 6.92 Å². The maximum absolute atomic E-state index is 5.64. The SMILES string of the molecule is Cc1cccnc1NC(C)CCCl. The number of nitrogens with one attached hydrogen (secondary N) is 1. The lowest BCUT2D eigenvalue weighted by Crippen LogP contribution is -2.17. The fourth-order valence-corrected chi connectivity index (χ4v) is 1.43. The van der Waals surface area contributed by atoms with Gasteiger partial charge in [0, 0.05) is 18.1 Å². The summed E-state index contributed by atoms with van der Waals surface area (Å²) in [5.74, 6) is 1.64. The summed E-state index contributed by atoms with van der Waals surface area (Å²) >= 11 is 5.64.